The van der Waals surface area contributed by atoms with Crippen molar-refractivity contribution in [1.29, 1.82) is 0 Å². The lowest BCUT2D eigenvalue weighted by Gasteiger charge is -1.97. The van der Waals surface area contributed by atoms with Crippen LogP contribution >= 0.6 is 12.6 Å². The van der Waals surface area contributed by atoms with E-state index in [0.717, 1.165) is 23.3 Å². The van der Waals surface area contributed by atoms with Crippen LogP contribution in [0.4, 0.5) is 0 Å². The van der Waals surface area contributed by atoms with Gasteiger partial charge in [0.15, 0.2) is 0 Å². The van der Waals surface area contributed by atoms with Crippen molar-refractivity contribution in [2.75, 3.05) is 5.75 Å². The van der Waals surface area contributed by atoms with Gasteiger partial charge in [-0.3, -0.25) is 0 Å². The molecule has 1 aromatic rings. The Hall–Kier alpha value is -0.730. The number of hydrogen-bond acceptors (Lipinski definition) is 2. The van der Waals surface area contributed by atoms with Crippen LogP contribution in [-0.4, -0.2) is 10.9 Å². The van der Waals surface area contributed by atoms with Crippen LogP contribution in [0.25, 0.3) is 6.08 Å². The summed E-state index contributed by atoms with van der Waals surface area (Å²) in [6.07, 6.45) is 5.12. The van der Waals surface area contributed by atoms with Crippen LogP contribution in [0.5, 0.6) is 0 Å². The lowest BCUT2D eigenvalue weighted by atomic mass is 10.1. The monoisotopic (exact) mass is 194 g/mol. The fraction of sp³-hybridized carbons (Fsp3) is 0.273. The predicted octanol–water partition coefficient (Wildman–Crippen LogP) is 2.51. The Morgan fingerprint density at radius 2 is 2.23 bits per heavy atom. The van der Waals surface area contributed by atoms with Crippen LogP contribution in [0.1, 0.15) is 17.5 Å². The second kappa shape index (κ2) is 5.84. The molecule has 2 heteroatoms. The summed E-state index contributed by atoms with van der Waals surface area (Å²) in [4.78, 5) is 0. The molecule has 0 saturated carbocycles. The smallest absolute Gasteiger partial charge is 0.0682 e. The van der Waals surface area contributed by atoms with Crippen LogP contribution in [0.15, 0.2) is 30.3 Å². The summed E-state index contributed by atoms with van der Waals surface area (Å²) in [7, 11) is 0. The average Bonchev–Trinajstić information content (AvgIpc) is 2.19. The highest BCUT2D eigenvalue weighted by Gasteiger charge is 1.90. The van der Waals surface area contributed by atoms with Gasteiger partial charge in [0.25, 0.3) is 0 Å². The fourth-order valence-electron chi connectivity index (χ4n) is 1.09. The van der Waals surface area contributed by atoms with E-state index in [2.05, 4.69) is 24.8 Å². The summed E-state index contributed by atoms with van der Waals surface area (Å²) in [6.45, 7) is 0.105. The van der Waals surface area contributed by atoms with Gasteiger partial charge in [-0.1, -0.05) is 30.4 Å². The highest BCUT2D eigenvalue weighted by atomic mass is 32.1. The molecule has 0 aliphatic heterocycles. The van der Waals surface area contributed by atoms with Gasteiger partial charge in [0.2, 0.25) is 0 Å². The highest BCUT2D eigenvalue weighted by Crippen LogP contribution is 2.07. The quantitative estimate of drug-likeness (QED) is 0.706. The minimum atomic E-state index is 0.105. The van der Waals surface area contributed by atoms with Crippen molar-refractivity contribution in [3.05, 3.63) is 41.5 Å². The zero-order chi connectivity index (χ0) is 9.52. The number of aliphatic hydroxyl groups is 1. The van der Waals surface area contributed by atoms with Crippen molar-refractivity contribution in [2.45, 2.75) is 13.0 Å². The first kappa shape index (κ1) is 10.4. The van der Waals surface area contributed by atoms with Gasteiger partial charge in [-0.15, -0.1) is 0 Å². The van der Waals surface area contributed by atoms with Crippen molar-refractivity contribution < 1.29 is 5.11 Å². The SMILES string of the molecule is OCc1cccc(C=CCCS)c1. The van der Waals surface area contributed by atoms with E-state index in [0.29, 0.717) is 0 Å². The molecule has 0 fully saturated rings. The summed E-state index contributed by atoms with van der Waals surface area (Å²) < 4.78 is 0. The second-order valence-corrected chi connectivity index (χ2v) is 3.27. The Balaban J connectivity index is 2.66. The first-order valence-corrected chi connectivity index (χ1v) is 4.97. The molecule has 0 unspecified atom stereocenters. The summed E-state index contributed by atoms with van der Waals surface area (Å²) in [5.41, 5.74) is 2.08. The maximum atomic E-state index is 8.90. The highest BCUT2D eigenvalue weighted by molar-refractivity contribution is 7.80. The summed E-state index contributed by atoms with van der Waals surface area (Å²) in [5, 5.41) is 8.90. The number of thiol groups is 1. The molecule has 0 aliphatic rings. The molecule has 0 aliphatic carbocycles. The number of allylic oxidation sites excluding steroid dienone is 1. The molecule has 0 amide bonds. The van der Waals surface area contributed by atoms with E-state index in [9.17, 15) is 0 Å². The van der Waals surface area contributed by atoms with E-state index in [1.54, 1.807) is 0 Å². The minimum absolute atomic E-state index is 0.105. The van der Waals surface area contributed by atoms with Gasteiger partial charge in [-0.25, -0.2) is 0 Å². The lowest BCUT2D eigenvalue weighted by Crippen LogP contribution is -1.82. The van der Waals surface area contributed by atoms with Crippen LogP contribution in [-0.2, 0) is 6.61 Å². The normalized spacial score (nSPS) is 10.9. The molecule has 70 valence electrons. The third-order valence-electron chi connectivity index (χ3n) is 1.74. The van der Waals surface area contributed by atoms with Crippen LogP contribution in [0, 0.1) is 0 Å². The number of benzene rings is 1. The maximum absolute atomic E-state index is 8.90. The molecule has 0 saturated heterocycles. The Labute approximate surface area is 84.5 Å². The van der Waals surface area contributed by atoms with Crippen LogP contribution < -0.4 is 0 Å². The zero-order valence-electron chi connectivity index (χ0n) is 7.48. The van der Waals surface area contributed by atoms with E-state index < -0.39 is 0 Å². The first-order chi connectivity index (χ1) is 6.36. The van der Waals surface area contributed by atoms with E-state index in [4.69, 9.17) is 5.11 Å². The molecule has 0 heterocycles. The predicted molar refractivity (Wildman–Crippen MR) is 59.9 cm³/mol. The largest absolute Gasteiger partial charge is 0.392 e. The van der Waals surface area contributed by atoms with Crippen LogP contribution in [0.2, 0.25) is 0 Å². The molecule has 1 nitrogen and oxygen atoms in total. The molecule has 0 aromatic heterocycles. The zero-order valence-corrected chi connectivity index (χ0v) is 8.37. The van der Waals surface area contributed by atoms with Crippen molar-refractivity contribution in [3.63, 3.8) is 0 Å². The average molecular weight is 194 g/mol. The van der Waals surface area contributed by atoms with Crippen molar-refractivity contribution in [2.24, 2.45) is 0 Å². The van der Waals surface area contributed by atoms with E-state index in [1.807, 2.05) is 24.3 Å². The van der Waals surface area contributed by atoms with Gasteiger partial charge in [-0.05, 0) is 29.4 Å². The van der Waals surface area contributed by atoms with Crippen LogP contribution in [0.3, 0.4) is 0 Å². The molecule has 1 N–H and O–H groups in total. The molecule has 0 atom stereocenters. The van der Waals surface area contributed by atoms with Gasteiger partial charge in [0.1, 0.15) is 0 Å². The molecule has 1 rings (SSSR count). The summed E-state index contributed by atoms with van der Waals surface area (Å²) in [5.74, 6) is 0.871. The van der Waals surface area contributed by atoms with Gasteiger partial charge in [-0.2, -0.15) is 12.6 Å². The Kier molecular flexibility index (Phi) is 4.65. The topological polar surface area (TPSA) is 20.2 Å². The first-order valence-electron chi connectivity index (χ1n) is 4.34. The third-order valence-corrected chi connectivity index (χ3v) is 2.00. The number of rotatable bonds is 4. The van der Waals surface area contributed by atoms with E-state index >= 15 is 0 Å². The van der Waals surface area contributed by atoms with E-state index in [1.165, 1.54) is 0 Å². The Morgan fingerprint density at radius 3 is 2.92 bits per heavy atom. The third kappa shape index (κ3) is 3.66. The molecule has 0 radical (unpaired) electrons. The molecular weight excluding hydrogens is 180 g/mol. The molecular formula is C11H14OS. The second-order valence-electron chi connectivity index (χ2n) is 2.82. The standard InChI is InChI=1S/C11H14OS/c12-9-11-6-3-5-10(8-11)4-1-2-7-13/h1,3-6,8,12-13H,2,7,9H2. The fourth-order valence-corrected chi connectivity index (χ4v) is 1.24. The van der Waals surface area contributed by atoms with Crippen molar-refractivity contribution in [3.8, 4) is 0 Å². The minimum Gasteiger partial charge on any atom is -0.392 e. The number of hydrogen-bond donors (Lipinski definition) is 2. The number of aliphatic hydroxyl groups excluding tert-OH is 1. The van der Waals surface area contributed by atoms with Crippen molar-refractivity contribution >= 4 is 18.7 Å². The molecule has 0 bridgehead atoms. The molecule has 13 heavy (non-hydrogen) atoms. The lowest BCUT2D eigenvalue weighted by molar-refractivity contribution is 0.282. The van der Waals surface area contributed by atoms with Gasteiger partial charge < -0.3 is 5.11 Å². The molecule has 0 spiro atoms. The van der Waals surface area contributed by atoms with Gasteiger partial charge in [0, 0.05) is 0 Å². The van der Waals surface area contributed by atoms with Crippen molar-refractivity contribution in [1.82, 2.24) is 0 Å². The Bertz CT molecular complexity index is 281. The van der Waals surface area contributed by atoms with Gasteiger partial charge >= 0.3 is 0 Å². The Morgan fingerprint density at radius 1 is 1.38 bits per heavy atom. The van der Waals surface area contributed by atoms with E-state index in [-0.39, 0.29) is 6.61 Å². The summed E-state index contributed by atoms with van der Waals surface area (Å²) in [6, 6.07) is 7.87. The maximum Gasteiger partial charge on any atom is 0.0682 e. The molecule has 1 aromatic carbocycles. The van der Waals surface area contributed by atoms with Gasteiger partial charge in [0.05, 0.1) is 6.61 Å². The summed E-state index contributed by atoms with van der Waals surface area (Å²) >= 11 is 4.11.